The maximum atomic E-state index is 5.80. The van der Waals surface area contributed by atoms with Gasteiger partial charge in [-0.05, 0) is 43.2 Å². The summed E-state index contributed by atoms with van der Waals surface area (Å²) in [6, 6.07) is 9.47. The molecule has 0 aliphatic carbocycles. The average Bonchev–Trinajstić information content (AvgIpc) is 2.35. The Balaban J connectivity index is 2.40. The summed E-state index contributed by atoms with van der Waals surface area (Å²) >= 11 is 4.98. The van der Waals surface area contributed by atoms with E-state index in [9.17, 15) is 0 Å². The molecule has 0 aliphatic rings. The summed E-state index contributed by atoms with van der Waals surface area (Å²) in [5.41, 5.74) is 8.54. The van der Waals surface area contributed by atoms with Gasteiger partial charge in [0.15, 0.2) is 0 Å². The SMILES string of the molecule is Cc1cccc(Oc2ncccc2C(N)=S)c1C. The van der Waals surface area contributed by atoms with Crippen LogP contribution in [0.4, 0.5) is 0 Å². The molecule has 0 atom stereocenters. The van der Waals surface area contributed by atoms with Gasteiger partial charge in [0.2, 0.25) is 5.88 Å². The second kappa shape index (κ2) is 5.14. The van der Waals surface area contributed by atoms with Gasteiger partial charge in [-0.3, -0.25) is 0 Å². The minimum absolute atomic E-state index is 0.281. The number of hydrogen-bond donors (Lipinski definition) is 1. The predicted molar refractivity (Wildman–Crippen MR) is 76.1 cm³/mol. The normalized spacial score (nSPS) is 10.1. The molecule has 0 spiro atoms. The molecule has 0 fully saturated rings. The van der Waals surface area contributed by atoms with Crippen LogP contribution in [0.25, 0.3) is 0 Å². The van der Waals surface area contributed by atoms with Crippen molar-refractivity contribution in [3.8, 4) is 11.6 Å². The highest BCUT2D eigenvalue weighted by Gasteiger charge is 2.10. The van der Waals surface area contributed by atoms with E-state index in [1.807, 2.05) is 32.0 Å². The van der Waals surface area contributed by atoms with Crippen LogP contribution in [0.2, 0.25) is 0 Å². The first kappa shape index (κ1) is 12.5. The van der Waals surface area contributed by atoms with Crippen molar-refractivity contribution in [2.24, 2.45) is 5.73 Å². The van der Waals surface area contributed by atoms with E-state index in [0.29, 0.717) is 11.4 Å². The molecule has 4 heteroatoms. The van der Waals surface area contributed by atoms with Crippen molar-refractivity contribution in [3.63, 3.8) is 0 Å². The van der Waals surface area contributed by atoms with Crippen molar-refractivity contribution >= 4 is 17.2 Å². The molecule has 0 saturated carbocycles. The molecule has 0 saturated heterocycles. The Kier molecular flexibility index (Phi) is 3.58. The lowest BCUT2D eigenvalue weighted by molar-refractivity contribution is 0.458. The molecule has 92 valence electrons. The third-order valence-electron chi connectivity index (χ3n) is 2.80. The summed E-state index contributed by atoms with van der Waals surface area (Å²) in [6.07, 6.45) is 1.65. The summed E-state index contributed by atoms with van der Waals surface area (Å²) in [4.78, 5) is 4.46. The van der Waals surface area contributed by atoms with Crippen molar-refractivity contribution in [2.75, 3.05) is 0 Å². The van der Waals surface area contributed by atoms with Crippen molar-refractivity contribution in [2.45, 2.75) is 13.8 Å². The fourth-order valence-corrected chi connectivity index (χ4v) is 1.75. The highest BCUT2D eigenvalue weighted by Crippen LogP contribution is 2.27. The molecule has 1 aromatic carbocycles. The van der Waals surface area contributed by atoms with Crippen LogP contribution in [0.15, 0.2) is 36.5 Å². The molecule has 2 rings (SSSR count). The number of nitrogens with two attached hydrogens (primary N) is 1. The van der Waals surface area contributed by atoms with Gasteiger partial charge in [-0.25, -0.2) is 4.98 Å². The molecule has 0 radical (unpaired) electrons. The fraction of sp³-hybridized carbons (Fsp3) is 0.143. The van der Waals surface area contributed by atoms with Crippen LogP contribution in [0.1, 0.15) is 16.7 Å². The van der Waals surface area contributed by atoms with Gasteiger partial charge < -0.3 is 10.5 Å². The number of thiocarbonyl (C=S) groups is 1. The molecule has 0 unspecified atom stereocenters. The first-order valence-corrected chi connectivity index (χ1v) is 5.99. The van der Waals surface area contributed by atoms with Crippen molar-refractivity contribution in [1.29, 1.82) is 0 Å². The first-order chi connectivity index (χ1) is 8.59. The molecule has 0 aliphatic heterocycles. The van der Waals surface area contributed by atoms with Gasteiger partial charge in [-0.1, -0.05) is 24.4 Å². The third kappa shape index (κ3) is 2.49. The molecular weight excluding hydrogens is 244 g/mol. The minimum Gasteiger partial charge on any atom is -0.438 e. The lowest BCUT2D eigenvalue weighted by Gasteiger charge is -2.12. The van der Waals surface area contributed by atoms with Crippen LogP contribution in [0, 0.1) is 13.8 Å². The Labute approximate surface area is 112 Å². The molecule has 1 heterocycles. The number of ether oxygens (including phenoxy) is 1. The average molecular weight is 258 g/mol. The topological polar surface area (TPSA) is 48.1 Å². The van der Waals surface area contributed by atoms with Crippen LogP contribution in [-0.2, 0) is 0 Å². The molecule has 3 nitrogen and oxygen atoms in total. The quantitative estimate of drug-likeness (QED) is 0.859. The lowest BCUT2D eigenvalue weighted by Crippen LogP contribution is -2.11. The monoisotopic (exact) mass is 258 g/mol. The zero-order valence-electron chi connectivity index (χ0n) is 10.3. The Morgan fingerprint density at radius 2 is 2.00 bits per heavy atom. The summed E-state index contributed by atoms with van der Waals surface area (Å²) < 4.78 is 5.80. The van der Waals surface area contributed by atoms with Crippen LogP contribution in [0.3, 0.4) is 0 Å². The van der Waals surface area contributed by atoms with E-state index in [0.717, 1.165) is 11.3 Å². The number of hydrogen-bond acceptors (Lipinski definition) is 3. The molecule has 0 bridgehead atoms. The number of rotatable bonds is 3. The van der Waals surface area contributed by atoms with Crippen LogP contribution in [-0.4, -0.2) is 9.97 Å². The maximum Gasteiger partial charge on any atom is 0.229 e. The number of aryl methyl sites for hydroxylation is 1. The maximum absolute atomic E-state index is 5.80. The number of aromatic nitrogens is 1. The Morgan fingerprint density at radius 3 is 2.72 bits per heavy atom. The van der Waals surface area contributed by atoms with E-state index in [1.54, 1.807) is 18.3 Å². The summed E-state index contributed by atoms with van der Waals surface area (Å²) in [5.74, 6) is 1.21. The molecular formula is C14H14N2OS. The Morgan fingerprint density at radius 1 is 1.22 bits per heavy atom. The highest BCUT2D eigenvalue weighted by atomic mass is 32.1. The third-order valence-corrected chi connectivity index (χ3v) is 3.02. The Hall–Kier alpha value is -1.94. The highest BCUT2D eigenvalue weighted by molar-refractivity contribution is 7.80. The summed E-state index contributed by atoms with van der Waals surface area (Å²) in [7, 11) is 0. The van der Waals surface area contributed by atoms with Gasteiger partial charge in [0, 0.05) is 6.20 Å². The number of pyridine rings is 1. The smallest absolute Gasteiger partial charge is 0.229 e. The van der Waals surface area contributed by atoms with Gasteiger partial charge >= 0.3 is 0 Å². The fourth-order valence-electron chi connectivity index (χ4n) is 1.60. The van der Waals surface area contributed by atoms with Gasteiger partial charge in [-0.2, -0.15) is 0 Å². The molecule has 0 amide bonds. The summed E-state index contributed by atoms with van der Waals surface area (Å²) in [6.45, 7) is 4.04. The zero-order valence-corrected chi connectivity index (χ0v) is 11.1. The van der Waals surface area contributed by atoms with Crippen LogP contribution >= 0.6 is 12.2 Å². The molecule has 2 N–H and O–H groups in total. The molecule has 2 aromatic rings. The predicted octanol–water partition coefficient (Wildman–Crippen LogP) is 3.12. The van der Waals surface area contributed by atoms with E-state index in [2.05, 4.69) is 4.98 Å². The molecule has 1 aromatic heterocycles. The van der Waals surface area contributed by atoms with Crippen LogP contribution in [0.5, 0.6) is 11.6 Å². The minimum atomic E-state index is 0.281. The van der Waals surface area contributed by atoms with E-state index in [4.69, 9.17) is 22.7 Å². The van der Waals surface area contributed by atoms with E-state index in [-0.39, 0.29) is 4.99 Å². The molecule has 18 heavy (non-hydrogen) atoms. The number of nitrogens with zero attached hydrogens (tertiary/aromatic N) is 1. The van der Waals surface area contributed by atoms with Crippen molar-refractivity contribution in [1.82, 2.24) is 4.98 Å². The van der Waals surface area contributed by atoms with E-state index in [1.165, 1.54) is 5.56 Å². The summed E-state index contributed by atoms with van der Waals surface area (Å²) in [5, 5.41) is 0. The number of benzene rings is 1. The standard InChI is InChI=1S/C14H14N2OS/c1-9-5-3-7-12(10(9)2)17-14-11(13(15)18)6-4-8-16-14/h3-8H,1-2H3,(H2,15,18). The Bertz CT molecular complexity index is 596. The largest absolute Gasteiger partial charge is 0.438 e. The van der Waals surface area contributed by atoms with Crippen molar-refractivity contribution in [3.05, 3.63) is 53.2 Å². The van der Waals surface area contributed by atoms with E-state index < -0.39 is 0 Å². The van der Waals surface area contributed by atoms with Gasteiger partial charge in [0.05, 0.1) is 5.56 Å². The van der Waals surface area contributed by atoms with Crippen molar-refractivity contribution < 1.29 is 4.74 Å². The lowest BCUT2D eigenvalue weighted by atomic mass is 10.1. The van der Waals surface area contributed by atoms with Crippen LogP contribution < -0.4 is 10.5 Å². The van der Waals surface area contributed by atoms with Gasteiger partial charge in [0.1, 0.15) is 10.7 Å². The zero-order chi connectivity index (χ0) is 13.1. The second-order valence-corrected chi connectivity index (χ2v) is 4.46. The first-order valence-electron chi connectivity index (χ1n) is 5.58. The van der Waals surface area contributed by atoms with Gasteiger partial charge in [0.25, 0.3) is 0 Å². The second-order valence-electron chi connectivity index (χ2n) is 4.02. The van der Waals surface area contributed by atoms with E-state index >= 15 is 0 Å². The van der Waals surface area contributed by atoms with Gasteiger partial charge in [-0.15, -0.1) is 0 Å².